The van der Waals surface area contributed by atoms with Gasteiger partial charge in [0.1, 0.15) is 11.5 Å². The molecule has 0 spiro atoms. The fraction of sp³-hybridized carbons (Fsp3) is 0.353. The summed E-state index contributed by atoms with van der Waals surface area (Å²) in [5.41, 5.74) is 2.19. The molecule has 3 nitrogen and oxygen atoms in total. The molecule has 0 unspecified atom stereocenters. The summed E-state index contributed by atoms with van der Waals surface area (Å²) in [5.74, 6) is 2.32. The average molecular weight is 270 g/mol. The molecule has 0 fully saturated rings. The Morgan fingerprint density at radius 1 is 1.15 bits per heavy atom. The molecule has 1 aromatic carbocycles. The minimum atomic E-state index is 0.640. The number of aromatic nitrogens is 1. The number of hydrogen-bond donors (Lipinski definition) is 1. The van der Waals surface area contributed by atoms with E-state index in [-0.39, 0.29) is 0 Å². The third kappa shape index (κ3) is 4.67. The Kier molecular flexibility index (Phi) is 5.13. The fourth-order valence-corrected chi connectivity index (χ4v) is 1.92. The molecule has 2 aromatic rings. The summed E-state index contributed by atoms with van der Waals surface area (Å²) < 4.78 is 5.86. The first kappa shape index (κ1) is 14.5. The monoisotopic (exact) mass is 270 g/mol. The lowest BCUT2D eigenvalue weighted by atomic mass is 10.2. The molecule has 0 saturated heterocycles. The molecular formula is C17H22N2O. The summed E-state index contributed by atoms with van der Waals surface area (Å²) in [6, 6.07) is 11.9. The third-order valence-corrected chi connectivity index (χ3v) is 2.87. The Morgan fingerprint density at radius 2 is 1.95 bits per heavy atom. The van der Waals surface area contributed by atoms with Crippen LogP contribution in [0.4, 0.5) is 0 Å². The Hall–Kier alpha value is -1.87. The standard InChI is InChI=1S/C17H22N2O/c1-13(2)11-18-12-15-10-17(7-8-19-15)20-16-6-4-5-14(3)9-16/h4-10,13,18H,11-12H2,1-3H3. The number of rotatable bonds is 6. The van der Waals surface area contributed by atoms with E-state index in [0.29, 0.717) is 5.92 Å². The zero-order chi connectivity index (χ0) is 14.4. The minimum absolute atomic E-state index is 0.640. The average Bonchev–Trinajstić information content (AvgIpc) is 2.39. The molecule has 0 aliphatic rings. The first-order valence-electron chi connectivity index (χ1n) is 7.03. The van der Waals surface area contributed by atoms with Gasteiger partial charge in [0.05, 0.1) is 5.69 Å². The molecule has 106 valence electrons. The van der Waals surface area contributed by atoms with Crippen molar-refractivity contribution in [1.29, 1.82) is 0 Å². The van der Waals surface area contributed by atoms with Gasteiger partial charge in [0, 0.05) is 18.8 Å². The highest BCUT2D eigenvalue weighted by molar-refractivity contribution is 5.33. The summed E-state index contributed by atoms with van der Waals surface area (Å²) in [4.78, 5) is 4.35. The second kappa shape index (κ2) is 7.06. The predicted molar refractivity (Wildman–Crippen MR) is 82.0 cm³/mol. The van der Waals surface area contributed by atoms with Gasteiger partial charge in [-0.25, -0.2) is 0 Å². The second-order valence-corrected chi connectivity index (χ2v) is 5.43. The Balaban J connectivity index is 1.99. The molecule has 0 radical (unpaired) electrons. The molecular weight excluding hydrogens is 248 g/mol. The summed E-state index contributed by atoms with van der Waals surface area (Å²) >= 11 is 0. The van der Waals surface area contributed by atoms with Gasteiger partial charge in [0.25, 0.3) is 0 Å². The largest absolute Gasteiger partial charge is 0.457 e. The molecule has 0 aliphatic carbocycles. The van der Waals surface area contributed by atoms with Gasteiger partial charge < -0.3 is 10.1 Å². The number of hydrogen-bond acceptors (Lipinski definition) is 3. The molecule has 0 amide bonds. The first-order valence-corrected chi connectivity index (χ1v) is 7.03. The van der Waals surface area contributed by atoms with E-state index in [4.69, 9.17) is 4.74 Å². The molecule has 20 heavy (non-hydrogen) atoms. The van der Waals surface area contributed by atoms with Crippen LogP contribution in [0.1, 0.15) is 25.1 Å². The van der Waals surface area contributed by atoms with Crippen molar-refractivity contribution < 1.29 is 4.74 Å². The predicted octanol–water partition coefficient (Wildman–Crippen LogP) is 3.93. The molecule has 2 rings (SSSR count). The Morgan fingerprint density at radius 3 is 2.70 bits per heavy atom. The van der Waals surface area contributed by atoms with Crippen molar-refractivity contribution in [2.75, 3.05) is 6.54 Å². The first-order chi connectivity index (χ1) is 9.63. The van der Waals surface area contributed by atoms with Crippen molar-refractivity contribution in [3.8, 4) is 11.5 Å². The number of aryl methyl sites for hydroxylation is 1. The maximum Gasteiger partial charge on any atom is 0.130 e. The van der Waals surface area contributed by atoms with Crippen molar-refractivity contribution >= 4 is 0 Å². The molecule has 1 N–H and O–H groups in total. The van der Waals surface area contributed by atoms with Crippen molar-refractivity contribution in [2.45, 2.75) is 27.3 Å². The van der Waals surface area contributed by atoms with Crippen LogP contribution in [-0.2, 0) is 6.54 Å². The van der Waals surface area contributed by atoms with Crippen LogP contribution >= 0.6 is 0 Å². The third-order valence-electron chi connectivity index (χ3n) is 2.87. The van der Waals surface area contributed by atoms with E-state index < -0.39 is 0 Å². The SMILES string of the molecule is Cc1cccc(Oc2ccnc(CNCC(C)C)c2)c1. The highest BCUT2D eigenvalue weighted by Crippen LogP contribution is 2.22. The lowest BCUT2D eigenvalue weighted by Gasteiger charge is -2.09. The smallest absolute Gasteiger partial charge is 0.130 e. The summed E-state index contributed by atoms with van der Waals surface area (Å²) in [5, 5.41) is 3.38. The van der Waals surface area contributed by atoms with E-state index >= 15 is 0 Å². The number of ether oxygens (including phenoxy) is 1. The van der Waals surface area contributed by atoms with E-state index in [9.17, 15) is 0 Å². The van der Waals surface area contributed by atoms with Gasteiger partial charge in [0.15, 0.2) is 0 Å². The van der Waals surface area contributed by atoms with Crippen LogP contribution in [0, 0.1) is 12.8 Å². The number of pyridine rings is 1. The van der Waals surface area contributed by atoms with Crippen LogP contribution in [0.3, 0.4) is 0 Å². The Bertz CT molecular complexity index is 552. The zero-order valence-corrected chi connectivity index (χ0v) is 12.4. The zero-order valence-electron chi connectivity index (χ0n) is 12.4. The van der Waals surface area contributed by atoms with Gasteiger partial charge in [-0.3, -0.25) is 4.98 Å². The van der Waals surface area contributed by atoms with Crippen molar-refractivity contribution in [2.24, 2.45) is 5.92 Å². The summed E-state index contributed by atoms with van der Waals surface area (Å²) in [6.07, 6.45) is 1.79. The van der Waals surface area contributed by atoms with Crippen LogP contribution in [0.15, 0.2) is 42.6 Å². The van der Waals surface area contributed by atoms with Crippen molar-refractivity contribution in [3.63, 3.8) is 0 Å². The van der Waals surface area contributed by atoms with E-state index in [1.165, 1.54) is 5.56 Å². The number of nitrogens with zero attached hydrogens (tertiary/aromatic N) is 1. The van der Waals surface area contributed by atoms with E-state index in [1.54, 1.807) is 6.20 Å². The van der Waals surface area contributed by atoms with E-state index in [2.05, 4.69) is 37.1 Å². The molecule has 0 aliphatic heterocycles. The van der Waals surface area contributed by atoms with E-state index in [0.717, 1.165) is 30.3 Å². The van der Waals surface area contributed by atoms with Crippen LogP contribution < -0.4 is 10.1 Å². The lowest BCUT2D eigenvalue weighted by molar-refractivity contribution is 0.479. The Labute approximate surface area is 121 Å². The van der Waals surface area contributed by atoms with Crippen molar-refractivity contribution in [1.82, 2.24) is 10.3 Å². The number of nitrogens with one attached hydrogen (secondary N) is 1. The van der Waals surface area contributed by atoms with Crippen LogP contribution in [-0.4, -0.2) is 11.5 Å². The maximum atomic E-state index is 5.86. The number of benzene rings is 1. The molecule has 0 atom stereocenters. The topological polar surface area (TPSA) is 34.1 Å². The fourth-order valence-electron chi connectivity index (χ4n) is 1.92. The van der Waals surface area contributed by atoms with E-state index in [1.807, 2.05) is 30.3 Å². The molecule has 3 heteroatoms. The molecule has 0 saturated carbocycles. The van der Waals surface area contributed by atoms with Gasteiger partial charge in [0.2, 0.25) is 0 Å². The molecule has 1 heterocycles. The highest BCUT2D eigenvalue weighted by Gasteiger charge is 2.01. The lowest BCUT2D eigenvalue weighted by Crippen LogP contribution is -2.19. The quantitative estimate of drug-likeness (QED) is 0.863. The van der Waals surface area contributed by atoms with Gasteiger partial charge in [-0.1, -0.05) is 26.0 Å². The molecule has 0 bridgehead atoms. The van der Waals surface area contributed by atoms with Crippen LogP contribution in [0.5, 0.6) is 11.5 Å². The van der Waals surface area contributed by atoms with Gasteiger partial charge in [-0.05, 0) is 43.1 Å². The normalized spacial score (nSPS) is 10.8. The van der Waals surface area contributed by atoms with Gasteiger partial charge in [-0.15, -0.1) is 0 Å². The summed E-state index contributed by atoms with van der Waals surface area (Å²) in [6.45, 7) is 8.20. The van der Waals surface area contributed by atoms with Gasteiger partial charge >= 0.3 is 0 Å². The van der Waals surface area contributed by atoms with Gasteiger partial charge in [-0.2, -0.15) is 0 Å². The van der Waals surface area contributed by atoms with Crippen LogP contribution in [0.25, 0.3) is 0 Å². The highest BCUT2D eigenvalue weighted by atomic mass is 16.5. The second-order valence-electron chi connectivity index (χ2n) is 5.43. The summed E-state index contributed by atoms with van der Waals surface area (Å²) in [7, 11) is 0. The van der Waals surface area contributed by atoms with Crippen molar-refractivity contribution in [3.05, 3.63) is 53.9 Å². The van der Waals surface area contributed by atoms with Crippen LogP contribution in [0.2, 0.25) is 0 Å². The minimum Gasteiger partial charge on any atom is -0.457 e. The molecule has 1 aromatic heterocycles. The maximum absolute atomic E-state index is 5.86.